The molecule has 272 valence electrons. The minimum absolute atomic E-state index is 0.142. The highest BCUT2D eigenvalue weighted by Gasteiger charge is 2.30. The van der Waals surface area contributed by atoms with Crippen molar-refractivity contribution in [2.24, 2.45) is 13.0 Å². The Morgan fingerprint density at radius 1 is 0.906 bits per heavy atom. The lowest BCUT2D eigenvalue weighted by atomic mass is 9.98. The van der Waals surface area contributed by atoms with E-state index < -0.39 is 5.97 Å². The summed E-state index contributed by atoms with van der Waals surface area (Å²) in [5.74, 6) is 0.235. The third-order valence-electron chi connectivity index (χ3n) is 11.0. The summed E-state index contributed by atoms with van der Waals surface area (Å²) in [6.45, 7) is 5.50. The van der Waals surface area contributed by atoms with Gasteiger partial charge in [0, 0.05) is 67.5 Å². The number of benzene rings is 4. The van der Waals surface area contributed by atoms with Gasteiger partial charge in [-0.25, -0.2) is 9.59 Å². The summed E-state index contributed by atoms with van der Waals surface area (Å²) in [5, 5.41) is 22.2. The zero-order valence-corrected chi connectivity index (χ0v) is 30.3. The van der Waals surface area contributed by atoms with E-state index in [1.807, 2.05) is 88.8 Å². The Labute approximate surface area is 308 Å². The number of para-hydroxylation sites is 1. The van der Waals surface area contributed by atoms with Gasteiger partial charge < -0.3 is 29.4 Å². The highest BCUT2D eigenvalue weighted by Crippen LogP contribution is 2.40. The van der Waals surface area contributed by atoms with Gasteiger partial charge in [-0.15, -0.1) is 0 Å². The summed E-state index contributed by atoms with van der Waals surface area (Å²) in [6, 6.07) is 28.2. The van der Waals surface area contributed by atoms with Crippen LogP contribution < -0.4 is 10.1 Å². The molecular weight excluding hydrogens is 667 g/mol. The molecule has 4 heterocycles. The van der Waals surface area contributed by atoms with Gasteiger partial charge in [0.15, 0.2) is 0 Å². The number of fused-ring (bicyclic) bond motifs is 4. The van der Waals surface area contributed by atoms with Crippen LogP contribution in [0.25, 0.3) is 32.8 Å². The monoisotopic (exact) mass is 711 g/mol. The molecule has 0 atom stereocenters. The van der Waals surface area contributed by atoms with Crippen molar-refractivity contribution in [2.45, 2.75) is 52.2 Å². The largest absolute Gasteiger partial charge is 0.493 e. The molecule has 0 saturated carbocycles. The molecule has 2 aromatic heterocycles. The van der Waals surface area contributed by atoms with Crippen LogP contribution in [0.3, 0.4) is 0 Å². The lowest BCUT2D eigenvalue weighted by Gasteiger charge is -2.27. The fourth-order valence-electron chi connectivity index (χ4n) is 8.14. The first-order chi connectivity index (χ1) is 25.9. The average molecular weight is 712 g/mol. The predicted molar refractivity (Wildman–Crippen MR) is 205 cm³/mol. The van der Waals surface area contributed by atoms with Gasteiger partial charge >= 0.3 is 12.0 Å². The van der Waals surface area contributed by atoms with Crippen LogP contribution in [-0.2, 0) is 37.8 Å². The lowest BCUT2D eigenvalue weighted by Crippen LogP contribution is -2.42. The summed E-state index contributed by atoms with van der Waals surface area (Å²) in [7, 11) is 1.92. The zero-order chi connectivity index (χ0) is 36.5. The van der Waals surface area contributed by atoms with Crippen molar-refractivity contribution in [2.75, 3.05) is 26.4 Å². The van der Waals surface area contributed by atoms with Crippen molar-refractivity contribution in [1.82, 2.24) is 24.6 Å². The van der Waals surface area contributed by atoms with E-state index in [1.165, 1.54) is 0 Å². The van der Waals surface area contributed by atoms with E-state index in [4.69, 9.17) is 14.6 Å². The van der Waals surface area contributed by atoms with Crippen LogP contribution in [0.2, 0.25) is 0 Å². The number of aromatic carboxylic acids is 1. The van der Waals surface area contributed by atoms with Crippen LogP contribution >= 0.6 is 0 Å². The Balaban J connectivity index is 1.19. The average Bonchev–Trinajstić information content (AvgIpc) is 3.64. The number of urea groups is 1. The van der Waals surface area contributed by atoms with Crippen LogP contribution in [0.4, 0.5) is 4.79 Å². The molecule has 0 aliphatic carbocycles. The van der Waals surface area contributed by atoms with E-state index in [0.29, 0.717) is 51.5 Å². The first-order valence-corrected chi connectivity index (χ1v) is 18.6. The predicted octanol–water partition coefficient (Wildman–Crippen LogP) is 7.71. The number of aryl methyl sites for hydroxylation is 2. The second kappa shape index (κ2) is 14.8. The van der Waals surface area contributed by atoms with Crippen molar-refractivity contribution < 1.29 is 24.2 Å². The maximum atomic E-state index is 14.0. The number of carboxylic acids is 1. The number of amides is 2. The van der Waals surface area contributed by atoms with Crippen LogP contribution in [0, 0.1) is 12.8 Å². The van der Waals surface area contributed by atoms with Gasteiger partial charge in [-0.05, 0) is 66.7 Å². The molecule has 0 bridgehead atoms. The van der Waals surface area contributed by atoms with E-state index in [2.05, 4.69) is 29.6 Å². The maximum Gasteiger partial charge on any atom is 0.352 e. The summed E-state index contributed by atoms with van der Waals surface area (Å²) < 4.78 is 15.7. The molecule has 10 nitrogen and oxygen atoms in total. The SMILES string of the molecule is Cc1c2c(nn1C)CN(C(=O)NCC1CCOCC1)Cc1ccccc1Cn1c(C(=O)O)c(CCCOc3cccc4ccccc34)c3cccc-2c31. The topological polar surface area (TPSA) is 111 Å². The van der Waals surface area contributed by atoms with E-state index >= 15 is 0 Å². The Kier molecular flexibility index (Phi) is 9.62. The Bertz CT molecular complexity index is 2310. The molecule has 1 saturated heterocycles. The van der Waals surface area contributed by atoms with Crippen LogP contribution in [0.15, 0.2) is 84.9 Å². The van der Waals surface area contributed by atoms with Crippen molar-refractivity contribution in [3.05, 3.63) is 119 Å². The van der Waals surface area contributed by atoms with E-state index in [1.54, 1.807) is 0 Å². The van der Waals surface area contributed by atoms with E-state index in [0.717, 1.165) is 92.7 Å². The number of hydrogen-bond donors (Lipinski definition) is 2. The van der Waals surface area contributed by atoms with Crippen molar-refractivity contribution >= 4 is 33.7 Å². The van der Waals surface area contributed by atoms with Crippen LogP contribution in [0.1, 0.15) is 57.8 Å². The van der Waals surface area contributed by atoms with Gasteiger partial charge in [0.25, 0.3) is 0 Å². The second-order valence-corrected chi connectivity index (χ2v) is 14.2. The summed E-state index contributed by atoms with van der Waals surface area (Å²) in [5.41, 5.74) is 7.41. The number of carbonyl (C=O) groups is 2. The number of hydrogen-bond acceptors (Lipinski definition) is 5. The number of rotatable bonds is 8. The van der Waals surface area contributed by atoms with Crippen molar-refractivity contribution in [3.63, 3.8) is 0 Å². The number of nitrogens with one attached hydrogen (secondary N) is 1. The number of ether oxygens (including phenoxy) is 2. The molecule has 53 heavy (non-hydrogen) atoms. The third kappa shape index (κ3) is 6.75. The normalized spacial score (nSPS) is 14.8. The number of nitrogens with zero attached hydrogens (tertiary/aromatic N) is 4. The minimum atomic E-state index is -0.971. The number of carboxylic acid groups (broad SMARTS) is 1. The standard InChI is InChI=1S/C43H45N5O5/c1-28-39-36-16-8-15-34-35(17-9-21-53-38-18-7-13-30-10-5-6-14-33(30)38)41(42(49)50)48(40(34)36)26-32-12-4-3-11-31(32)25-47(27-37(39)45-46(28)2)43(51)44-24-29-19-22-52-23-20-29/h3-8,10-16,18,29H,9,17,19-27H2,1-2H3,(H,44,51)(H,49,50). The summed E-state index contributed by atoms with van der Waals surface area (Å²) in [4.78, 5) is 29.2. The van der Waals surface area contributed by atoms with Gasteiger partial charge in [-0.3, -0.25) is 4.68 Å². The van der Waals surface area contributed by atoms with Crippen molar-refractivity contribution in [1.29, 1.82) is 0 Å². The maximum absolute atomic E-state index is 14.0. The minimum Gasteiger partial charge on any atom is -0.493 e. The van der Waals surface area contributed by atoms with Gasteiger partial charge in [0.05, 0.1) is 24.4 Å². The highest BCUT2D eigenvalue weighted by atomic mass is 16.5. The number of aromatic nitrogens is 3. The molecule has 2 N–H and O–H groups in total. The zero-order valence-electron chi connectivity index (χ0n) is 30.3. The lowest BCUT2D eigenvalue weighted by molar-refractivity contribution is 0.0662. The molecule has 10 heteroatoms. The molecule has 2 aliphatic heterocycles. The van der Waals surface area contributed by atoms with E-state index in [-0.39, 0.29) is 11.7 Å². The first kappa shape index (κ1) is 34.5. The van der Waals surface area contributed by atoms with Gasteiger partial charge in [-0.2, -0.15) is 5.10 Å². The third-order valence-corrected chi connectivity index (χ3v) is 11.0. The highest BCUT2D eigenvalue weighted by molar-refractivity contribution is 6.04. The first-order valence-electron chi connectivity index (χ1n) is 18.6. The molecule has 2 aliphatic rings. The molecule has 4 aromatic carbocycles. The van der Waals surface area contributed by atoms with Crippen LogP contribution in [0.5, 0.6) is 5.75 Å². The fourth-order valence-corrected chi connectivity index (χ4v) is 8.14. The smallest absolute Gasteiger partial charge is 0.352 e. The Hall–Kier alpha value is -5.61. The number of carbonyl (C=O) groups excluding carboxylic acids is 1. The second-order valence-electron chi connectivity index (χ2n) is 14.2. The molecule has 0 radical (unpaired) electrons. The molecule has 8 rings (SSSR count). The van der Waals surface area contributed by atoms with E-state index in [9.17, 15) is 14.7 Å². The quantitative estimate of drug-likeness (QED) is 0.157. The molecule has 0 spiro atoms. The van der Waals surface area contributed by atoms with Crippen molar-refractivity contribution in [3.8, 4) is 16.9 Å². The van der Waals surface area contributed by atoms with Gasteiger partial charge in [0.2, 0.25) is 0 Å². The molecular formula is C43H45N5O5. The molecule has 2 amide bonds. The van der Waals surface area contributed by atoms with Gasteiger partial charge in [0.1, 0.15) is 11.4 Å². The molecule has 6 aromatic rings. The Morgan fingerprint density at radius 2 is 1.62 bits per heavy atom. The van der Waals surface area contributed by atoms with Crippen LogP contribution in [-0.4, -0.2) is 62.7 Å². The Morgan fingerprint density at radius 3 is 2.43 bits per heavy atom. The fraction of sp³-hybridized carbons (Fsp3) is 0.326. The van der Waals surface area contributed by atoms with Gasteiger partial charge in [-0.1, -0.05) is 78.9 Å². The molecule has 1 fully saturated rings. The molecule has 0 unspecified atom stereocenters. The summed E-state index contributed by atoms with van der Waals surface area (Å²) in [6.07, 6.45) is 3.03. The summed E-state index contributed by atoms with van der Waals surface area (Å²) >= 11 is 0.